The van der Waals surface area contributed by atoms with E-state index in [-0.39, 0.29) is 22.7 Å². The molecule has 1 aromatic heterocycles. The zero-order valence-electron chi connectivity index (χ0n) is 10.1. The van der Waals surface area contributed by atoms with Crippen LogP contribution in [0.5, 0.6) is 0 Å². The first-order valence-corrected chi connectivity index (χ1v) is 6.51. The van der Waals surface area contributed by atoms with Gasteiger partial charge in [0.2, 0.25) is 0 Å². The third kappa shape index (κ3) is 3.10. The number of aromatic nitrogens is 1. The van der Waals surface area contributed by atoms with E-state index in [0.29, 0.717) is 4.90 Å². The number of pyridine rings is 1. The quantitative estimate of drug-likeness (QED) is 0.490. The number of nitrogens with zero attached hydrogens (tertiary/aromatic N) is 3. The molecule has 1 aromatic carbocycles. The number of halogens is 1. The van der Waals surface area contributed by atoms with Crippen molar-refractivity contribution in [3.05, 3.63) is 63.7 Å². The van der Waals surface area contributed by atoms with Crippen LogP contribution in [0.4, 0.5) is 10.1 Å². The molecule has 5 nitrogen and oxygen atoms in total. The summed E-state index contributed by atoms with van der Waals surface area (Å²) in [5, 5.41) is 19.6. The van der Waals surface area contributed by atoms with Crippen LogP contribution in [0.15, 0.2) is 41.4 Å². The van der Waals surface area contributed by atoms with Crippen LogP contribution in [0.25, 0.3) is 0 Å². The maximum absolute atomic E-state index is 13.7. The topological polar surface area (TPSA) is 79.8 Å². The van der Waals surface area contributed by atoms with Crippen molar-refractivity contribution in [1.29, 1.82) is 5.26 Å². The van der Waals surface area contributed by atoms with Gasteiger partial charge in [0.25, 0.3) is 5.69 Å². The zero-order valence-corrected chi connectivity index (χ0v) is 10.9. The number of nitro groups is 1. The Morgan fingerprint density at radius 1 is 1.45 bits per heavy atom. The molecule has 7 heteroatoms. The predicted octanol–water partition coefficient (Wildman–Crippen LogP) is 3.29. The maximum atomic E-state index is 13.7. The van der Waals surface area contributed by atoms with Crippen molar-refractivity contribution < 1.29 is 9.31 Å². The summed E-state index contributed by atoms with van der Waals surface area (Å²) in [5.41, 5.74) is 0.0444. The third-order valence-corrected chi connectivity index (χ3v) is 3.54. The molecule has 0 saturated carbocycles. The fourth-order valence-corrected chi connectivity index (χ4v) is 2.53. The van der Waals surface area contributed by atoms with Crippen LogP contribution in [-0.4, -0.2) is 9.91 Å². The highest BCUT2D eigenvalue weighted by molar-refractivity contribution is 7.98. The van der Waals surface area contributed by atoms with Crippen LogP contribution in [0.1, 0.15) is 11.3 Å². The van der Waals surface area contributed by atoms with Gasteiger partial charge >= 0.3 is 0 Å². The molecular formula is C13H8FN3O2S. The van der Waals surface area contributed by atoms with E-state index in [9.17, 15) is 14.5 Å². The minimum Gasteiger partial charge on any atom is -0.258 e. The summed E-state index contributed by atoms with van der Waals surface area (Å²) in [6.45, 7) is 0. The minimum absolute atomic E-state index is 0.0396. The second kappa shape index (κ2) is 6.12. The highest BCUT2D eigenvalue weighted by atomic mass is 32.2. The van der Waals surface area contributed by atoms with Crippen molar-refractivity contribution in [2.45, 2.75) is 10.6 Å². The molecule has 0 atom stereocenters. The molecule has 0 aliphatic rings. The highest BCUT2D eigenvalue weighted by Gasteiger charge is 2.17. The lowest BCUT2D eigenvalue weighted by Gasteiger charge is -2.04. The number of nitriles is 1. The Morgan fingerprint density at radius 2 is 2.25 bits per heavy atom. The van der Waals surface area contributed by atoms with Crippen molar-refractivity contribution in [3.8, 4) is 6.07 Å². The summed E-state index contributed by atoms with van der Waals surface area (Å²) in [5.74, 6) is -0.501. The van der Waals surface area contributed by atoms with E-state index in [2.05, 4.69) is 4.98 Å². The number of benzene rings is 1. The number of thioether (sulfide) groups is 1. The molecule has 0 saturated heterocycles. The fraction of sp³-hybridized carbons (Fsp3) is 0.0769. The molecule has 0 amide bonds. The van der Waals surface area contributed by atoms with Gasteiger partial charge in [-0.25, -0.2) is 9.37 Å². The van der Waals surface area contributed by atoms with Crippen molar-refractivity contribution in [3.63, 3.8) is 0 Å². The van der Waals surface area contributed by atoms with E-state index in [0.717, 1.165) is 0 Å². The molecule has 0 aliphatic heterocycles. The van der Waals surface area contributed by atoms with Crippen molar-refractivity contribution >= 4 is 17.4 Å². The van der Waals surface area contributed by atoms with Gasteiger partial charge in [0.1, 0.15) is 17.6 Å². The fourth-order valence-electron chi connectivity index (χ4n) is 1.58. The van der Waals surface area contributed by atoms with Gasteiger partial charge in [0.15, 0.2) is 0 Å². The van der Waals surface area contributed by atoms with Gasteiger partial charge in [0.05, 0.1) is 10.5 Å². The van der Waals surface area contributed by atoms with Crippen LogP contribution in [0.3, 0.4) is 0 Å². The first kappa shape index (κ1) is 14.0. The summed E-state index contributed by atoms with van der Waals surface area (Å²) in [4.78, 5) is 14.8. The Bertz CT molecular complexity index is 700. The van der Waals surface area contributed by atoms with Gasteiger partial charge in [-0.1, -0.05) is 6.07 Å². The molecule has 2 rings (SSSR count). The zero-order chi connectivity index (χ0) is 14.5. The normalized spacial score (nSPS) is 10.0. The molecule has 100 valence electrons. The lowest BCUT2D eigenvalue weighted by Crippen LogP contribution is -1.97. The first-order valence-electron chi connectivity index (χ1n) is 5.52. The Hall–Kier alpha value is -2.46. The van der Waals surface area contributed by atoms with Gasteiger partial charge in [0, 0.05) is 22.9 Å². The Morgan fingerprint density at radius 3 is 2.95 bits per heavy atom. The molecule has 1 heterocycles. The Balaban J connectivity index is 2.23. The molecule has 20 heavy (non-hydrogen) atoms. The molecule has 0 radical (unpaired) electrons. The third-order valence-electron chi connectivity index (χ3n) is 2.52. The van der Waals surface area contributed by atoms with E-state index in [1.165, 1.54) is 36.2 Å². The summed E-state index contributed by atoms with van der Waals surface area (Å²) >= 11 is 1.21. The summed E-state index contributed by atoms with van der Waals surface area (Å²) in [7, 11) is 0. The van der Waals surface area contributed by atoms with Gasteiger partial charge in [-0.15, -0.1) is 11.8 Å². The summed E-state index contributed by atoms with van der Waals surface area (Å²) < 4.78 is 13.7. The number of rotatable bonds is 4. The standard InChI is InChI=1S/C13H8FN3O2S/c14-12-2-1-3-13(17(18)19)11(12)8-20-10-4-5-16-9(6-10)7-15/h1-6H,8H2. The van der Waals surface area contributed by atoms with Crippen LogP contribution in [0.2, 0.25) is 0 Å². The number of hydrogen-bond donors (Lipinski definition) is 0. The largest absolute Gasteiger partial charge is 0.276 e. The van der Waals surface area contributed by atoms with Crippen LogP contribution < -0.4 is 0 Å². The molecule has 2 aromatic rings. The van der Waals surface area contributed by atoms with Crippen molar-refractivity contribution in [2.24, 2.45) is 0 Å². The van der Waals surface area contributed by atoms with Gasteiger partial charge < -0.3 is 0 Å². The smallest absolute Gasteiger partial charge is 0.258 e. The molecule has 0 bridgehead atoms. The lowest BCUT2D eigenvalue weighted by molar-refractivity contribution is -0.385. The minimum atomic E-state index is -0.610. The average molecular weight is 289 g/mol. The van der Waals surface area contributed by atoms with Gasteiger partial charge in [-0.05, 0) is 18.2 Å². The van der Waals surface area contributed by atoms with Crippen LogP contribution in [-0.2, 0) is 5.75 Å². The molecule has 0 unspecified atom stereocenters. The lowest BCUT2D eigenvalue weighted by atomic mass is 10.2. The number of nitro benzene ring substituents is 1. The first-order chi connectivity index (χ1) is 9.61. The SMILES string of the molecule is N#Cc1cc(SCc2c(F)cccc2[N+](=O)[O-])ccn1. The Labute approximate surface area is 118 Å². The second-order valence-electron chi connectivity index (χ2n) is 3.77. The molecule has 0 fully saturated rings. The van der Waals surface area contributed by atoms with Gasteiger partial charge in [-0.2, -0.15) is 5.26 Å². The van der Waals surface area contributed by atoms with Crippen LogP contribution in [0, 0.1) is 27.3 Å². The van der Waals surface area contributed by atoms with Crippen molar-refractivity contribution in [2.75, 3.05) is 0 Å². The predicted molar refractivity (Wildman–Crippen MR) is 71.6 cm³/mol. The van der Waals surface area contributed by atoms with E-state index in [1.807, 2.05) is 6.07 Å². The molecule has 0 aliphatic carbocycles. The summed E-state index contributed by atoms with van der Waals surface area (Å²) in [6, 6.07) is 8.89. The molecule has 0 N–H and O–H groups in total. The monoisotopic (exact) mass is 289 g/mol. The van der Waals surface area contributed by atoms with Crippen molar-refractivity contribution in [1.82, 2.24) is 4.98 Å². The molecular weight excluding hydrogens is 281 g/mol. The Kier molecular flexibility index (Phi) is 4.27. The maximum Gasteiger partial charge on any atom is 0.276 e. The van der Waals surface area contributed by atoms with E-state index in [4.69, 9.17) is 5.26 Å². The van der Waals surface area contributed by atoms with Crippen LogP contribution >= 0.6 is 11.8 Å². The highest BCUT2D eigenvalue weighted by Crippen LogP contribution is 2.29. The van der Waals surface area contributed by atoms with E-state index in [1.54, 1.807) is 12.1 Å². The summed E-state index contributed by atoms with van der Waals surface area (Å²) in [6.07, 6.45) is 1.47. The van der Waals surface area contributed by atoms with E-state index < -0.39 is 10.7 Å². The number of hydrogen-bond acceptors (Lipinski definition) is 5. The second-order valence-corrected chi connectivity index (χ2v) is 4.82. The molecule has 0 spiro atoms. The van der Waals surface area contributed by atoms with Gasteiger partial charge in [-0.3, -0.25) is 10.1 Å². The van der Waals surface area contributed by atoms with E-state index >= 15 is 0 Å². The average Bonchev–Trinajstić information content (AvgIpc) is 2.45.